The van der Waals surface area contributed by atoms with Crippen molar-refractivity contribution in [2.24, 2.45) is 4.99 Å². The Morgan fingerprint density at radius 1 is 1.08 bits per heavy atom. The van der Waals surface area contributed by atoms with Crippen LogP contribution in [0.2, 0.25) is 0 Å². The van der Waals surface area contributed by atoms with Gasteiger partial charge < -0.3 is 15.3 Å². The van der Waals surface area contributed by atoms with E-state index in [9.17, 15) is 5.11 Å². The highest BCUT2D eigenvalue weighted by Crippen LogP contribution is 2.15. The molecule has 0 fully saturated rings. The molecule has 0 aliphatic heterocycles. The molecule has 0 aromatic heterocycles. The van der Waals surface area contributed by atoms with E-state index >= 15 is 0 Å². The molecule has 0 atom stereocenters. The standard InChI is InChI=1S/C20H27N3OS.HI/c1-21-20(22-14-4-5-16-6-10-18(24)11-7-16)23(2)15-17-8-12-19(25-3)13-9-17;/h6-13,24H,4-5,14-15H2,1-3H3,(H,21,22);1H. The summed E-state index contributed by atoms with van der Waals surface area (Å²) in [5.74, 6) is 1.22. The van der Waals surface area contributed by atoms with Crippen LogP contribution in [-0.4, -0.2) is 42.9 Å². The van der Waals surface area contributed by atoms with E-state index < -0.39 is 0 Å². The van der Waals surface area contributed by atoms with Crippen molar-refractivity contribution < 1.29 is 5.11 Å². The van der Waals surface area contributed by atoms with Gasteiger partial charge >= 0.3 is 0 Å². The Bertz CT molecular complexity index is 674. The summed E-state index contributed by atoms with van der Waals surface area (Å²) in [5, 5.41) is 12.7. The SMILES string of the molecule is CN=C(NCCCc1ccc(O)cc1)N(C)Cc1ccc(SC)cc1.I. The van der Waals surface area contributed by atoms with E-state index in [0.717, 1.165) is 31.9 Å². The predicted molar refractivity (Wildman–Crippen MR) is 123 cm³/mol. The highest BCUT2D eigenvalue weighted by molar-refractivity contribution is 14.0. The van der Waals surface area contributed by atoms with Gasteiger partial charge in [0.1, 0.15) is 5.75 Å². The van der Waals surface area contributed by atoms with Crippen molar-refractivity contribution >= 4 is 41.7 Å². The van der Waals surface area contributed by atoms with Gasteiger partial charge in [0.05, 0.1) is 0 Å². The molecule has 2 aromatic carbocycles. The van der Waals surface area contributed by atoms with Gasteiger partial charge in [-0.05, 0) is 54.5 Å². The average Bonchev–Trinajstić information content (AvgIpc) is 2.64. The number of aromatic hydroxyl groups is 1. The van der Waals surface area contributed by atoms with E-state index in [2.05, 4.69) is 52.8 Å². The fourth-order valence-corrected chi connectivity index (χ4v) is 3.03. The summed E-state index contributed by atoms with van der Waals surface area (Å²) in [6, 6.07) is 16.0. The Morgan fingerprint density at radius 3 is 2.27 bits per heavy atom. The minimum atomic E-state index is 0. The topological polar surface area (TPSA) is 47.9 Å². The third-order valence-electron chi connectivity index (χ3n) is 4.01. The second kappa shape index (κ2) is 12.1. The van der Waals surface area contributed by atoms with Gasteiger partial charge in [0.2, 0.25) is 0 Å². The van der Waals surface area contributed by atoms with Crippen LogP contribution in [0.1, 0.15) is 17.5 Å². The molecular weight excluding hydrogens is 457 g/mol. The van der Waals surface area contributed by atoms with E-state index in [0.29, 0.717) is 5.75 Å². The van der Waals surface area contributed by atoms with Crippen LogP contribution in [0, 0.1) is 0 Å². The van der Waals surface area contributed by atoms with Crippen molar-refractivity contribution in [3.63, 3.8) is 0 Å². The van der Waals surface area contributed by atoms with Gasteiger partial charge in [0, 0.05) is 32.1 Å². The number of aliphatic imine (C=N–C) groups is 1. The lowest BCUT2D eigenvalue weighted by Gasteiger charge is -2.22. The largest absolute Gasteiger partial charge is 0.508 e. The van der Waals surface area contributed by atoms with Gasteiger partial charge in [-0.3, -0.25) is 4.99 Å². The fraction of sp³-hybridized carbons (Fsp3) is 0.350. The molecule has 6 heteroatoms. The van der Waals surface area contributed by atoms with Gasteiger partial charge in [-0.15, -0.1) is 35.7 Å². The number of phenolic OH excluding ortho intramolecular Hbond substituents is 1. The highest BCUT2D eigenvalue weighted by Gasteiger charge is 2.06. The Balaban J connectivity index is 0.00000338. The third-order valence-corrected chi connectivity index (χ3v) is 4.76. The smallest absolute Gasteiger partial charge is 0.193 e. The average molecular weight is 485 g/mol. The second-order valence-corrected chi connectivity index (χ2v) is 6.83. The molecule has 4 nitrogen and oxygen atoms in total. The van der Waals surface area contributed by atoms with Gasteiger partial charge in [-0.2, -0.15) is 0 Å². The quantitative estimate of drug-likeness (QED) is 0.201. The number of phenols is 1. The van der Waals surface area contributed by atoms with Crippen molar-refractivity contribution in [1.29, 1.82) is 0 Å². The number of rotatable bonds is 7. The number of nitrogens with one attached hydrogen (secondary N) is 1. The van der Waals surface area contributed by atoms with Crippen molar-refractivity contribution in [3.8, 4) is 5.75 Å². The zero-order valence-corrected chi connectivity index (χ0v) is 18.8. The maximum Gasteiger partial charge on any atom is 0.193 e. The first kappa shape index (κ1) is 22.6. The number of guanidine groups is 1. The van der Waals surface area contributed by atoms with Crippen LogP contribution in [0.4, 0.5) is 0 Å². The highest BCUT2D eigenvalue weighted by atomic mass is 127. The van der Waals surface area contributed by atoms with Gasteiger partial charge in [0.25, 0.3) is 0 Å². The summed E-state index contributed by atoms with van der Waals surface area (Å²) in [7, 11) is 3.87. The summed E-state index contributed by atoms with van der Waals surface area (Å²) in [6.07, 6.45) is 4.08. The molecule has 0 heterocycles. The number of hydrogen-bond acceptors (Lipinski definition) is 3. The molecule has 0 spiro atoms. The van der Waals surface area contributed by atoms with Crippen molar-refractivity contribution in [1.82, 2.24) is 10.2 Å². The number of benzene rings is 2. The van der Waals surface area contributed by atoms with Crippen LogP contribution in [-0.2, 0) is 13.0 Å². The summed E-state index contributed by atoms with van der Waals surface area (Å²) < 4.78 is 0. The molecule has 2 rings (SSSR count). The molecule has 26 heavy (non-hydrogen) atoms. The minimum Gasteiger partial charge on any atom is -0.508 e. The molecule has 0 saturated carbocycles. The summed E-state index contributed by atoms with van der Waals surface area (Å²) >= 11 is 1.76. The van der Waals surface area contributed by atoms with E-state index in [1.807, 2.05) is 19.2 Å². The number of nitrogens with zero attached hydrogens (tertiary/aromatic N) is 2. The zero-order chi connectivity index (χ0) is 18.1. The summed E-state index contributed by atoms with van der Waals surface area (Å²) in [4.78, 5) is 7.78. The molecule has 0 aliphatic carbocycles. The summed E-state index contributed by atoms with van der Waals surface area (Å²) in [6.45, 7) is 1.69. The Kier molecular flexibility index (Phi) is 10.5. The van der Waals surface area contributed by atoms with Crippen molar-refractivity contribution in [2.75, 3.05) is 26.9 Å². The van der Waals surface area contributed by atoms with E-state index in [1.54, 1.807) is 23.9 Å². The molecule has 0 amide bonds. The molecular formula is C20H28IN3OS. The van der Waals surface area contributed by atoms with E-state index in [-0.39, 0.29) is 24.0 Å². The lowest BCUT2D eigenvalue weighted by atomic mass is 10.1. The van der Waals surface area contributed by atoms with E-state index in [4.69, 9.17) is 0 Å². The van der Waals surface area contributed by atoms with Crippen molar-refractivity contribution in [3.05, 3.63) is 59.7 Å². The number of aryl methyl sites for hydroxylation is 1. The normalized spacial score (nSPS) is 11.0. The zero-order valence-electron chi connectivity index (χ0n) is 15.6. The molecule has 142 valence electrons. The molecule has 0 bridgehead atoms. The molecule has 2 aromatic rings. The van der Waals surface area contributed by atoms with Gasteiger partial charge in [-0.1, -0.05) is 24.3 Å². The van der Waals surface area contributed by atoms with Gasteiger partial charge in [0.15, 0.2) is 5.96 Å². The first-order valence-corrected chi connectivity index (χ1v) is 9.67. The third kappa shape index (κ3) is 7.45. The molecule has 0 radical (unpaired) electrons. The Morgan fingerprint density at radius 2 is 1.69 bits per heavy atom. The van der Waals surface area contributed by atoms with E-state index in [1.165, 1.54) is 16.0 Å². The maximum absolute atomic E-state index is 9.31. The maximum atomic E-state index is 9.31. The van der Waals surface area contributed by atoms with Crippen LogP contribution in [0.15, 0.2) is 58.4 Å². The second-order valence-electron chi connectivity index (χ2n) is 5.95. The van der Waals surface area contributed by atoms with Crippen LogP contribution >= 0.6 is 35.7 Å². The molecule has 0 unspecified atom stereocenters. The Labute approximate surface area is 178 Å². The predicted octanol–water partition coefficient (Wildman–Crippen LogP) is 4.37. The number of halogens is 1. The van der Waals surface area contributed by atoms with Crippen LogP contribution < -0.4 is 5.32 Å². The first-order chi connectivity index (χ1) is 12.1. The molecule has 0 saturated heterocycles. The lowest BCUT2D eigenvalue weighted by Crippen LogP contribution is -2.39. The molecule has 2 N–H and O–H groups in total. The monoisotopic (exact) mass is 485 g/mol. The fourth-order valence-electron chi connectivity index (χ4n) is 2.62. The van der Waals surface area contributed by atoms with Crippen molar-refractivity contribution in [2.45, 2.75) is 24.3 Å². The van der Waals surface area contributed by atoms with Crippen LogP contribution in [0.5, 0.6) is 5.75 Å². The summed E-state index contributed by atoms with van der Waals surface area (Å²) in [5.41, 5.74) is 2.50. The van der Waals surface area contributed by atoms with Crippen LogP contribution in [0.25, 0.3) is 0 Å². The lowest BCUT2D eigenvalue weighted by molar-refractivity contribution is 0.474. The first-order valence-electron chi connectivity index (χ1n) is 8.45. The Hall–Kier alpha value is -1.41. The van der Waals surface area contributed by atoms with Crippen LogP contribution in [0.3, 0.4) is 0 Å². The molecule has 0 aliphatic rings. The number of hydrogen-bond donors (Lipinski definition) is 2. The number of thioether (sulfide) groups is 1. The van der Waals surface area contributed by atoms with Gasteiger partial charge in [-0.25, -0.2) is 0 Å². The minimum absolute atomic E-state index is 0.